The second-order valence-electron chi connectivity index (χ2n) is 3.25. The lowest BCUT2D eigenvalue weighted by Crippen LogP contribution is -2.03. The number of thioether (sulfide) groups is 1. The van der Waals surface area contributed by atoms with E-state index in [4.69, 9.17) is 5.11 Å². The fourth-order valence-corrected chi connectivity index (χ4v) is 1.87. The molecule has 0 saturated carbocycles. The normalized spacial score (nSPS) is 12.9. The molecule has 1 N–H and O–H groups in total. The van der Waals surface area contributed by atoms with Gasteiger partial charge in [0.2, 0.25) is 0 Å². The fourth-order valence-electron chi connectivity index (χ4n) is 1.05. The second-order valence-corrected chi connectivity index (χ2v) is 4.67. The van der Waals surface area contributed by atoms with E-state index >= 15 is 0 Å². The van der Waals surface area contributed by atoms with E-state index in [-0.39, 0.29) is 11.9 Å². The van der Waals surface area contributed by atoms with Crippen LogP contribution in [0.1, 0.15) is 18.1 Å². The Kier molecular flexibility index (Phi) is 3.75. The van der Waals surface area contributed by atoms with Gasteiger partial charge in [0.05, 0.1) is 11.6 Å². The van der Waals surface area contributed by atoms with Crippen LogP contribution in [0.2, 0.25) is 0 Å². The van der Waals surface area contributed by atoms with Crippen LogP contribution in [0.5, 0.6) is 0 Å². The Labute approximate surface area is 83.4 Å². The van der Waals surface area contributed by atoms with Gasteiger partial charge in [-0.2, -0.15) is 0 Å². The molecule has 1 unspecified atom stereocenters. The topological polar surface area (TPSA) is 33.1 Å². The third-order valence-electron chi connectivity index (χ3n) is 1.74. The van der Waals surface area contributed by atoms with Gasteiger partial charge in [0.15, 0.2) is 0 Å². The summed E-state index contributed by atoms with van der Waals surface area (Å²) < 4.78 is 0. The average Bonchev–Trinajstić information content (AvgIpc) is 2.09. The van der Waals surface area contributed by atoms with Crippen molar-refractivity contribution in [3.8, 4) is 0 Å². The van der Waals surface area contributed by atoms with Crippen LogP contribution < -0.4 is 0 Å². The highest BCUT2D eigenvalue weighted by Gasteiger charge is 2.06. The lowest BCUT2D eigenvalue weighted by Gasteiger charge is -2.09. The Bertz CT molecular complexity index is 288. The highest BCUT2D eigenvalue weighted by Crippen LogP contribution is 2.24. The first-order valence-corrected chi connectivity index (χ1v) is 5.22. The molecule has 0 amide bonds. The largest absolute Gasteiger partial charge is 0.395 e. The van der Waals surface area contributed by atoms with Crippen LogP contribution in [-0.4, -0.2) is 21.9 Å². The van der Waals surface area contributed by atoms with E-state index in [9.17, 15) is 0 Å². The number of aliphatic hydroxyl groups excluding tert-OH is 1. The number of aryl methyl sites for hydroxylation is 2. The Morgan fingerprint density at radius 2 is 2.23 bits per heavy atom. The van der Waals surface area contributed by atoms with Gasteiger partial charge in [-0.1, -0.05) is 13.0 Å². The zero-order valence-electron chi connectivity index (χ0n) is 8.24. The maximum atomic E-state index is 8.89. The third kappa shape index (κ3) is 3.01. The van der Waals surface area contributed by atoms with Crippen molar-refractivity contribution in [1.29, 1.82) is 0 Å². The van der Waals surface area contributed by atoms with Gasteiger partial charge in [-0.15, -0.1) is 11.8 Å². The van der Waals surface area contributed by atoms with E-state index in [2.05, 4.69) is 11.1 Å². The predicted molar refractivity (Wildman–Crippen MR) is 56.1 cm³/mol. The molecule has 0 aliphatic heterocycles. The quantitative estimate of drug-likeness (QED) is 0.754. The summed E-state index contributed by atoms with van der Waals surface area (Å²) in [5, 5.41) is 10.1. The van der Waals surface area contributed by atoms with E-state index in [1.54, 1.807) is 11.8 Å². The van der Waals surface area contributed by atoms with E-state index < -0.39 is 0 Å². The minimum atomic E-state index is 0.194. The van der Waals surface area contributed by atoms with Crippen LogP contribution in [0.15, 0.2) is 17.3 Å². The summed E-state index contributed by atoms with van der Waals surface area (Å²) in [7, 11) is 0. The smallest absolute Gasteiger partial charge is 0.0992 e. The predicted octanol–water partition coefficient (Wildman–Crippen LogP) is 2.17. The summed E-state index contributed by atoms with van der Waals surface area (Å²) in [6.45, 7) is 6.27. The van der Waals surface area contributed by atoms with Gasteiger partial charge in [-0.25, -0.2) is 4.98 Å². The summed E-state index contributed by atoms with van der Waals surface area (Å²) in [4.78, 5) is 4.32. The highest BCUT2D eigenvalue weighted by molar-refractivity contribution is 7.99. The molecule has 0 aliphatic rings. The average molecular weight is 197 g/mol. The number of pyridine rings is 1. The van der Waals surface area contributed by atoms with E-state index in [1.165, 1.54) is 11.1 Å². The first-order valence-electron chi connectivity index (χ1n) is 4.34. The monoisotopic (exact) mass is 197 g/mol. The SMILES string of the molecule is Cc1cnc(SC(C)CO)c(C)c1. The maximum Gasteiger partial charge on any atom is 0.0992 e. The van der Waals surface area contributed by atoms with Crippen LogP contribution in [0.4, 0.5) is 0 Å². The van der Waals surface area contributed by atoms with Gasteiger partial charge in [-0.05, 0) is 25.0 Å². The van der Waals surface area contributed by atoms with Gasteiger partial charge in [0.25, 0.3) is 0 Å². The Hall–Kier alpha value is -0.540. The van der Waals surface area contributed by atoms with Crippen LogP contribution in [0, 0.1) is 13.8 Å². The molecule has 0 aliphatic carbocycles. The Balaban J connectivity index is 2.77. The summed E-state index contributed by atoms with van der Waals surface area (Å²) >= 11 is 1.62. The van der Waals surface area contributed by atoms with Gasteiger partial charge in [-0.3, -0.25) is 0 Å². The number of aromatic nitrogens is 1. The van der Waals surface area contributed by atoms with E-state index in [1.807, 2.05) is 27.0 Å². The molecule has 1 aromatic heterocycles. The highest BCUT2D eigenvalue weighted by atomic mass is 32.2. The zero-order chi connectivity index (χ0) is 9.84. The van der Waals surface area contributed by atoms with Crippen molar-refractivity contribution in [3.05, 3.63) is 23.4 Å². The van der Waals surface area contributed by atoms with Crippen molar-refractivity contribution in [1.82, 2.24) is 4.98 Å². The molecule has 1 aromatic rings. The number of nitrogens with zero attached hydrogens (tertiary/aromatic N) is 1. The minimum absolute atomic E-state index is 0.194. The van der Waals surface area contributed by atoms with Crippen molar-refractivity contribution < 1.29 is 5.11 Å². The molecule has 0 saturated heterocycles. The molecule has 1 rings (SSSR count). The molecule has 13 heavy (non-hydrogen) atoms. The molecular formula is C10H15NOS. The molecular weight excluding hydrogens is 182 g/mol. The fraction of sp³-hybridized carbons (Fsp3) is 0.500. The molecule has 72 valence electrons. The number of hydrogen-bond donors (Lipinski definition) is 1. The summed E-state index contributed by atoms with van der Waals surface area (Å²) in [6.07, 6.45) is 1.86. The summed E-state index contributed by atoms with van der Waals surface area (Å²) in [5.41, 5.74) is 2.36. The lowest BCUT2D eigenvalue weighted by molar-refractivity contribution is 0.300. The van der Waals surface area contributed by atoms with Crippen molar-refractivity contribution in [2.24, 2.45) is 0 Å². The van der Waals surface area contributed by atoms with Crippen LogP contribution in [-0.2, 0) is 0 Å². The van der Waals surface area contributed by atoms with Gasteiger partial charge in [0.1, 0.15) is 0 Å². The number of rotatable bonds is 3. The van der Waals surface area contributed by atoms with Crippen LogP contribution in [0.25, 0.3) is 0 Å². The van der Waals surface area contributed by atoms with Crippen molar-refractivity contribution in [2.75, 3.05) is 6.61 Å². The molecule has 0 fully saturated rings. The molecule has 0 aromatic carbocycles. The standard InChI is InChI=1S/C10H15NOS/c1-7-4-8(2)10(11-5-7)13-9(3)6-12/h4-5,9,12H,6H2,1-3H3. The van der Waals surface area contributed by atoms with Gasteiger partial charge < -0.3 is 5.11 Å². The molecule has 3 heteroatoms. The second kappa shape index (κ2) is 4.63. The van der Waals surface area contributed by atoms with Crippen molar-refractivity contribution >= 4 is 11.8 Å². The molecule has 1 atom stereocenters. The third-order valence-corrected chi connectivity index (χ3v) is 2.94. The number of aliphatic hydroxyl groups is 1. The Morgan fingerprint density at radius 3 is 2.77 bits per heavy atom. The zero-order valence-corrected chi connectivity index (χ0v) is 9.06. The molecule has 0 spiro atoms. The van der Waals surface area contributed by atoms with E-state index in [0.717, 1.165) is 5.03 Å². The lowest BCUT2D eigenvalue weighted by atomic mass is 10.2. The summed E-state index contributed by atoms with van der Waals surface area (Å²) in [6, 6.07) is 2.11. The molecule has 1 heterocycles. The van der Waals surface area contributed by atoms with Crippen LogP contribution in [0.3, 0.4) is 0 Å². The van der Waals surface area contributed by atoms with Crippen molar-refractivity contribution in [3.63, 3.8) is 0 Å². The summed E-state index contributed by atoms with van der Waals surface area (Å²) in [5.74, 6) is 0. The van der Waals surface area contributed by atoms with Crippen LogP contribution >= 0.6 is 11.8 Å². The number of hydrogen-bond acceptors (Lipinski definition) is 3. The first kappa shape index (κ1) is 10.5. The van der Waals surface area contributed by atoms with E-state index in [0.29, 0.717) is 0 Å². The van der Waals surface area contributed by atoms with Gasteiger partial charge >= 0.3 is 0 Å². The van der Waals surface area contributed by atoms with Gasteiger partial charge in [0, 0.05) is 11.4 Å². The molecule has 2 nitrogen and oxygen atoms in total. The maximum absolute atomic E-state index is 8.89. The first-order chi connectivity index (χ1) is 6.13. The molecule has 0 radical (unpaired) electrons. The van der Waals surface area contributed by atoms with Crippen molar-refractivity contribution in [2.45, 2.75) is 31.0 Å². The minimum Gasteiger partial charge on any atom is -0.395 e. The molecule has 0 bridgehead atoms. The Morgan fingerprint density at radius 1 is 1.54 bits per heavy atom.